The molecule has 0 saturated carbocycles. The van der Waals surface area contributed by atoms with Crippen molar-refractivity contribution in [2.24, 2.45) is 0 Å². The summed E-state index contributed by atoms with van der Waals surface area (Å²) in [6.45, 7) is 0.564. The molecule has 0 unspecified atom stereocenters. The number of carbonyl (C=O) groups excluding carboxylic acids is 1. The Morgan fingerprint density at radius 3 is 2.78 bits per heavy atom. The zero-order chi connectivity index (χ0) is 15.9. The minimum absolute atomic E-state index is 0.105. The number of fused-ring (bicyclic) bond motifs is 1. The van der Waals surface area contributed by atoms with Gasteiger partial charge in [0, 0.05) is 17.1 Å². The van der Waals surface area contributed by atoms with Crippen LogP contribution in [0.1, 0.15) is 30.9 Å². The number of rotatable bonds is 6. The average molecular weight is 327 g/mol. The molecule has 120 valence electrons. The molecule has 1 heterocycles. The Balaban J connectivity index is 1.43. The number of amides is 1. The zero-order valence-electron chi connectivity index (χ0n) is 13.0. The number of carbonyl (C=O) groups is 1. The topological polar surface area (TPSA) is 38.3 Å². The molecular formula is C19H21NO2S. The van der Waals surface area contributed by atoms with Gasteiger partial charge in [0.1, 0.15) is 5.75 Å². The minimum atomic E-state index is 0.105. The Morgan fingerprint density at radius 1 is 1.13 bits per heavy atom. The SMILES string of the molecule is O=C(CCCOc1ccccc1)N[C@H]1CCSc2ccccc21. The molecule has 4 heteroatoms. The standard InChI is InChI=1S/C19H21NO2S/c21-19(11-6-13-22-15-7-2-1-3-8-15)20-17-12-14-23-18-10-5-4-9-16(17)18/h1-5,7-10,17H,6,11-14H2,(H,20,21)/t17-/m0/s1. The van der Waals surface area contributed by atoms with Crippen LogP contribution in [0.4, 0.5) is 0 Å². The molecule has 2 aromatic rings. The fourth-order valence-electron chi connectivity index (χ4n) is 2.70. The van der Waals surface area contributed by atoms with Gasteiger partial charge in [-0.15, -0.1) is 11.8 Å². The Hall–Kier alpha value is -1.94. The van der Waals surface area contributed by atoms with E-state index in [1.807, 2.05) is 48.2 Å². The number of ether oxygens (including phenoxy) is 1. The highest BCUT2D eigenvalue weighted by Crippen LogP contribution is 2.35. The molecule has 0 aromatic heterocycles. The van der Waals surface area contributed by atoms with Gasteiger partial charge in [-0.25, -0.2) is 0 Å². The van der Waals surface area contributed by atoms with Crippen LogP contribution in [0.2, 0.25) is 0 Å². The second-order valence-electron chi connectivity index (χ2n) is 5.56. The maximum Gasteiger partial charge on any atom is 0.220 e. The molecule has 3 rings (SSSR count). The summed E-state index contributed by atoms with van der Waals surface area (Å²) in [5.41, 5.74) is 1.25. The predicted molar refractivity (Wildman–Crippen MR) is 93.8 cm³/mol. The number of para-hydroxylation sites is 1. The van der Waals surface area contributed by atoms with Crippen molar-refractivity contribution in [1.29, 1.82) is 0 Å². The summed E-state index contributed by atoms with van der Waals surface area (Å²) < 4.78 is 5.62. The van der Waals surface area contributed by atoms with E-state index in [2.05, 4.69) is 23.5 Å². The van der Waals surface area contributed by atoms with Crippen LogP contribution in [0.15, 0.2) is 59.5 Å². The van der Waals surface area contributed by atoms with Crippen molar-refractivity contribution in [2.75, 3.05) is 12.4 Å². The third-order valence-electron chi connectivity index (χ3n) is 3.85. The van der Waals surface area contributed by atoms with E-state index in [1.54, 1.807) is 0 Å². The number of benzene rings is 2. The van der Waals surface area contributed by atoms with Crippen LogP contribution in [0, 0.1) is 0 Å². The third kappa shape index (κ3) is 4.52. The molecule has 0 spiro atoms. The molecule has 1 atom stereocenters. The molecule has 0 fully saturated rings. The summed E-state index contributed by atoms with van der Waals surface area (Å²) >= 11 is 1.87. The van der Waals surface area contributed by atoms with E-state index in [-0.39, 0.29) is 11.9 Å². The maximum absolute atomic E-state index is 12.2. The molecule has 0 saturated heterocycles. The van der Waals surface area contributed by atoms with Crippen molar-refractivity contribution < 1.29 is 9.53 Å². The highest BCUT2D eigenvalue weighted by Gasteiger charge is 2.21. The van der Waals surface area contributed by atoms with Crippen molar-refractivity contribution in [1.82, 2.24) is 5.32 Å². The van der Waals surface area contributed by atoms with Crippen LogP contribution in [-0.2, 0) is 4.79 Å². The second-order valence-corrected chi connectivity index (χ2v) is 6.70. The molecule has 1 aliphatic heterocycles. The van der Waals surface area contributed by atoms with E-state index >= 15 is 0 Å². The highest BCUT2D eigenvalue weighted by molar-refractivity contribution is 7.99. The van der Waals surface area contributed by atoms with Crippen LogP contribution in [0.5, 0.6) is 5.75 Å². The molecular weight excluding hydrogens is 306 g/mol. The Morgan fingerprint density at radius 2 is 1.91 bits per heavy atom. The largest absolute Gasteiger partial charge is 0.494 e. The minimum Gasteiger partial charge on any atom is -0.494 e. The van der Waals surface area contributed by atoms with Crippen molar-refractivity contribution in [2.45, 2.75) is 30.2 Å². The lowest BCUT2D eigenvalue weighted by molar-refractivity contribution is -0.122. The lowest BCUT2D eigenvalue weighted by Gasteiger charge is -2.25. The van der Waals surface area contributed by atoms with Gasteiger partial charge >= 0.3 is 0 Å². The number of hydrogen-bond donors (Lipinski definition) is 1. The van der Waals surface area contributed by atoms with Crippen molar-refractivity contribution >= 4 is 17.7 Å². The predicted octanol–water partition coefficient (Wildman–Crippen LogP) is 4.20. The molecule has 0 aliphatic carbocycles. The van der Waals surface area contributed by atoms with Crippen molar-refractivity contribution in [3.8, 4) is 5.75 Å². The number of nitrogens with one attached hydrogen (secondary N) is 1. The van der Waals surface area contributed by atoms with Crippen LogP contribution in [0.3, 0.4) is 0 Å². The van der Waals surface area contributed by atoms with Crippen LogP contribution < -0.4 is 10.1 Å². The van der Waals surface area contributed by atoms with Crippen molar-refractivity contribution in [3.63, 3.8) is 0 Å². The van der Waals surface area contributed by atoms with E-state index in [0.717, 1.165) is 24.3 Å². The summed E-state index contributed by atoms with van der Waals surface area (Å²) in [7, 11) is 0. The van der Waals surface area contributed by atoms with Gasteiger partial charge in [0.2, 0.25) is 5.91 Å². The molecule has 0 radical (unpaired) electrons. The second kappa shape index (κ2) is 8.06. The number of thioether (sulfide) groups is 1. The van der Waals surface area contributed by atoms with Gasteiger partial charge in [-0.05, 0) is 36.6 Å². The third-order valence-corrected chi connectivity index (χ3v) is 4.98. The molecule has 23 heavy (non-hydrogen) atoms. The summed E-state index contributed by atoms with van der Waals surface area (Å²) in [6.07, 6.45) is 2.22. The van der Waals surface area contributed by atoms with E-state index in [4.69, 9.17) is 4.74 Å². The van der Waals surface area contributed by atoms with Gasteiger partial charge in [0.05, 0.1) is 12.6 Å². The fourth-order valence-corrected chi connectivity index (χ4v) is 3.82. The lowest BCUT2D eigenvalue weighted by Crippen LogP contribution is -2.30. The van der Waals surface area contributed by atoms with Crippen LogP contribution in [0.25, 0.3) is 0 Å². The van der Waals surface area contributed by atoms with Gasteiger partial charge < -0.3 is 10.1 Å². The van der Waals surface area contributed by atoms with Gasteiger partial charge in [-0.3, -0.25) is 4.79 Å². The van der Waals surface area contributed by atoms with E-state index < -0.39 is 0 Å². The van der Waals surface area contributed by atoms with Gasteiger partial charge in [0.15, 0.2) is 0 Å². The van der Waals surface area contributed by atoms with Crippen LogP contribution in [-0.4, -0.2) is 18.3 Å². The fraction of sp³-hybridized carbons (Fsp3) is 0.316. The van der Waals surface area contributed by atoms with Crippen molar-refractivity contribution in [3.05, 3.63) is 60.2 Å². The molecule has 1 amide bonds. The van der Waals surface area contributed by atoms with Gasteiger partial charge in [-0.1, -0.05) is 36.4 Å². The summed E-state index contributed by atoms with van der Waals surface area (Å²) in [5, 5.41) is 3.17. The van der Waals surface area contributed by atoms with Gasteiger partial charge in [-0.2, -0.15) is 0 Å². The Kier molecular flexibility index (Phi) is 5.59. The normalized spacial score (nSPS) is 16.4. The van der Waals surface area contributed by atoms with E-state index in [0.29, 0.717) is 13.0 Å². The van der Waals surface area contributed by atoms with E-state index in [9.17, 15) is 4.79 Å². The smallest absolute Gasteiger partial charge is 0.220 e. The number of hydrogen-bond acceptors (Lipinski definition) is 3. The average Bonchev–Trinajstić information content (AvgIpc) is 2.60. The Labute approximate surface area is 141 Å². The first kappa shape index (κ1) is 15.9. The van der Waals surface area contributed by atoms with Gasteiger partial charge in [0.25, 0.3) is 0 Å². The summed E-state index contributed by atoms with van der Waals surface area (Å²) in [4.78, 5) is 13.4. The highest BCUT2D eigenvalue weighted by atomic mass is 32.2. The molecule has 3 nitrogen and oxygen atoms in total. The van der Waals surface area contributed by atoms with E-state index in [1.165, 1.54) is 10.5 Å². The molecule has 1 aliphatic rings. The first-order chi connectivity index (χ1) is 11.3. The summed E-state index contributed by atoms with van der Waals surface area (Å²) in [5.74, 6) is 2.01. The molecule has 2 aromatic carbocycles. The summed E-state index contributed by atoms with van der Waals surface area (Å²) in [6, 6.07) is 18.2. The first-order valence-corrected chi connectivity index (χ1v) is 9.00. The first-order valence-electron chi connectivity index (χ1n) is 8.02. The molecule has 0 bridgehead atoms. The van der Waals surface area contributed by atoms with Crippen LogP contribution >= 0.6 is 11.8 Å². The zero-order valence-corrected chi connectivity index (χ0v) is 13.9. The molecule has 1 N–H and O–H groups in total. The quantitative estimate of drug-likeness (QED) is 0.808. The monoisotopic (exact) mass is 327 g/mol. The Bertz CT molecular complexity index is 645. The lowest BCUT2D eigenvalue weighted by atomic mass is 10.0. The maximum atomic E-state index is 12.2.